The van der Waals surface area contributed by atoms with Crippen LogP contribution in [0.2, 0.25) is 0 Å². The van der Waals surface area contributed by atoms with Crippen LogP contribution < -0.4 is 0 Å². The van der Waals surface area contributed by atoms with Crippen LogP contribution in [0.15, 0.2) is 303 Å². The van der Waals surface area contributed by atoms with Gasteiger partial charge in [-0.05, 0) is 152 Å². The summed E-state index contributed by atoms with van der Waals surface area (Å²) in [7, 11) is 0. The van der Waals surface area contributed by atoms with Crippen molar-refractivity contribution < 1.29 is 0 Å². The van der Waals surface area contributed by atoms with Gasteiger partial charge in [0.15, 0.2) is 0 Å². The Morgan fingerprint density at radius 2 is 0.489 bits per heavy atom. The van der Waals surface area contributed by atoms with Crippen LogP contribution in [0, 0.1) is 11.3 Å². The van der Waals surface area contributed by atoms with Gasteiger partial charge in [-0.2, -0.15) is 5.26 Å². The van der Waals surface area contributed by atoms with E-state index in [2.05, 4.69) is 319 Å². The standard InChI is InChI=1S/C84H50N8/c85-51-52-33-38-84(92-82-41-36-55(89-76-29-13-5-21-62(76)63-22-6-14-30-77(63)89)48-68(82)69-49-56(37-42-83(69)92)90-78-31-15-7-23-64(78)65-24-8-16-32-79(65)90)70(45-52)71-50-57(43-44-86-71)91-80-39-34-53(87-72-25-9-1-17-58(72)59-18-2-10-26-73(59)87)46-66(80)67-47-54(35-40-81(67)91)88-74-27-11-3-19-60(74)61-20-4-12-28-75(61)88/h1-50H. The number of aromatic nitrogens is 7. The molecule has 0 aliphatic heterocycles. The van der Waals surface area contributed by atoms with E-state index in [-0.39, 0.29) is 0 Å². The van der Waals surface area contributed by atoms with E-state index in [0.717, 1.165) is 133 Å². The van der Waals surface area contributed by atoms with Crippen molar-refractivity contribution in [2.75, 3.05) is 0 Å². The Hall–Kier alpha value is -12.7. The fourth-order valence-corrected chi connectivity index (χ4v) is 15.6. The average Bonchev–Trinajstić information content (AvgIpc) is 1.59. The summed E-state index contributed by atoms with van der Waals surface area (Å²) in [5.74, 6) is 0. The number of hydrogen-bond acceptors (Lipinski definition) is 2. The topological polar surface area (TPSA) is 66.3 Å². The maximum absolute atomic E-state index is 10.8. The van der Waals surface area contributed by atoms with Crippen LogP contribution in [-0.4, -0.2) is 32.4 Å². The Labute approximate surface area is 526 Å². The molecule has 92 heavy (non-hydrogen) atoms. The number of fused-ring (bicyclic) bond motifs is 18. The van der Waals surface area contributed by atoms with Crippen molar-refractivity contribution in [3.63, 3.8) is 0 Å². The molecule has 0 bridgehead atoms. The van der Waals surface area contributed by atoms with Crippen LogP contribution >= 0.6 is 0 Å². The van der Waals surface area contributed by atoms with Crippen molar-refractivity contribution in [2.24, 2.45) is 0 Å². The largest absolute Gasteiger partial charge is 0.309 e. The summed E-state index contributed by atoms with van der Waals surface area (Å²) in [6.45, 7) is 0. The number of nitriles is 1. The van der Waals surface area contributed by atoms with E-state index in [0.29, 0.717) is 5.56 Å². The van der Waals surface area contributed by atoms with Crippen LogP contribution in [0.25, 0.3) is 176 Å². The van der Waals surface area contributed by atoms with Gasteiger partial charge in [0, 0.05) is 105 Å². The highest BCUT2D eigenvalue weighted by molar-refractivity contribution is 6.17. The Bertz CT molecular complexity index is 6050. The van der Waals surface area contributed by atoms with Gasteiger partial charge in [0.05, 0.1) is 89.2 Å². The molecule has 0 spiro atoms. The molecule has 0 atom stereocenters. The van der Waals surface area contributed by atoms with E-state index >= 15 is 0 Å². The SMILES string of the molecule is N#Cc1ccc(-n2c3ccc(-n4c5ccccc5c5ccccc54)cc3c3cc(-n4c5ccccc5c5ccccc54)ccc32)c(-c2cc(-n3c4ccc(-n5c6ccccc6c6ccccc65)cc4c4cc(-n5c6ccccc6c6ccccc65)ccc43)ccn2)c1. The van der Waals surface area contributed by atoms with Crippen LogP contribution in [0.3, 0.4) is 0 Å². The van der Waals surface area contributed by atoms with Crippen molar-refractivity contribution in [1.82, 2.24) is 32.4 Å². The number of rotatable bonds is 7. The molecule has 7 heterocycles. The molecule has 20 aromatic rings. The molecule has 8 nitrogen and oxygen atoms in total. The van der Waals surface area contributed by atoms with Gasteiger partial charge in [0.2, 0.25) is 0 Å². The van der Waals surface area contributed by atoms with Crippen LogP contribution in [0.1, 0.15) is 5.56 Å². The maximum atomic E-state index is 10.8. The molecule has 13 aromatic carbocycles. The molecule has 0 unspecified atom stereocenters. The van der Waals surface area contributed by atoms with Crippen molar-refractivity contribution in [3.8, 4) is 51.5 Å². The molecule has 0 aliphatic rings. The summed E-state index contributed by atoms with van der Waals surface area (Å²) in [4.78, 5) is 5.26. The lowest BCUT2D eigenvalue weighted by Gasteiger charge is -2.16. The highest BCUT2D eigenvalue weighted by Crippen LogP contribution is 2.44. The zero-order valence-electron chi connectivity index (χ0n) is 49.4. The molecule has 20 rings (SSSR count). The first kappa shape index (κ1) is 50.3. The third-order valence-electron chi connectivity index (χ3n) is 19.5. The summed E-state index contributed by atoms with van der Waals surface area (Å²) in [5, 5.41) is 25.0. The lowest BCUT2D eigenvalue weighted by Crippen LogP contribution is -2.01. The van der Waals surface area contributed by atoms with Crippen molar-refractivity contribution in [2.45, 2.75) is 0 Å². The van der Waals surface area contributed by atoms with Gasteiger partial charge in [-0.15, -0.1) is 0 Å². The van der Waals surface area contributed by atoms with E-state index in [1.54, 1.807) is 0 Å². The predicted octanol–water partition coefficient (Wildman–Crippen LogP) is 21.2. The fraction of sp³-hybridized carbons (Fsp3) is 0. The lowest BCUT2D eigenvalue weighted by molar-refractivity contribution is 1.13. The lowest BCUT2D eigenvalue weighted by atomic mass is 10.0. The second-order valence-corrected chi connectivity index (χ2v) is 24.2. The highest BCUT2D eigenvalue weighted by Gasteiger charge is 2.24. The first-order chi connectivity index (χ1) is 45.6. The quantitative estimate of drug-likeness (QED) is 0.160. The normalized spacial score (nSPS) is 12.1. The number of benzene rings is 13. The third kappa shape index (κ3) is 7.07. The minimum absolute atomic E-state index is 0.547. The monoisotopic (exact) mass is 1170 g/mol. The number of nitrogens with zero attached hydrogens (tertiary/aromatic N) is 8. The molecule has 0 radical (unpaired) electrons. The van der Waals surface area contributed by atoms with Gasteiger partial charge in [0.25, 0.3) is 0 Å². The summed E-state index contributed by atoms with van der Waals surface area (Å²) >= 11 is 0. The zero-order valence-corrected chi connectivity index (χ0v) is 49.4. The molecular formula is C84H50N8. The smallest absolute Gasteiger partial charge is 0.0991 e. The summed E-state index contributed by atoms with van der Waals surface area (Å²) in [5.41, 5.74) is 21.7. The van der Waals surface area contributed by atoms with Crippen LogP contribution in [-0.2, 0) is 0 Å². The fourth-order valence-electron chi connectivity index (χ4n) is 15.6. The van der Waals surface area contributed by atoms with E-state index in [1.807, 2.05) is 18.3 Å². The molecule has 0 amide bonds. The van der Waals surface area contributed by atoms with Crippen LogP contribution in [0.5, 0.6) is 0 Å². The zero-order chi connectivity index (χ0) is 60.3. The number of pyridine rings is 1. The maximum Gasteiger partial charge on any atom is 0.0991 e. The Morgan fingerprint density at radius 3 is 0.783 bits per heavy atom. The Kier molecular flexibility index (Phi) is 10.5. The minimum Gasteiger partial charge on any atom is -0.309 e. The van der Waals surface area contributed by atoms with E-state index in [9.17, 15) is 5.26 Å². The van der Waals surface area contributed by atoms with Gasteiger partial charge in [0.1, 0.15) is 0 Å². The van der Waals surface area contributed by atoms with Gasteiger partial charge in [-0.1, -0.05) is 146 Å². The van der Waals surface area contributed by atoms with Gasteiger partial charge < -0.3 is 27.4 Å². The predicted molar refractivity (Wildman–Crippen MR) is 380 cm³/mol. The Balaban J connectivity index is 0.815. The summed E-state index contributed by atoms with van der Waals surface area (Å²) < 4.78 is 14.4. The summed E-state index contributed by atoms with van der Waals surface area (Å²) in [6.07, 6.45) is 1.92. The molecule has 0 saturated heterocycles. The van der Waals surface area contributed by atoms with Gasteiger partial charge in [-0.3, -0.25) is 4.98 Å². The first-order valence-corrected chi connectivity index (χ1v) is 31.2. The van der Waals surface area contributed by atoms with Crippen molar-refractivity contribution >= 4 is 131 Å². The molecule has 0 fully saturated rings. The number of hydrogen-bond donors (Lipinski definition) is 0. The van der Waals surface area contributed by atoms with Gasteiger partial charge >= 0.3 is 0 Å². The molecule has 0 N–H and O–H groups in total. The molecule has 0 saturated carbocycles. The second-order valence-electron chi connectivity index (χ2n) is 24.2. The minimum atomic E-state index is 0.547. The van der Waals surface area contributed by atoms with Gasteiger partial charge in [-0.25, -0.2) is 0 Å². The highest BCUT2D eigenvalue weighted by atomic mass is 15.0. The second kappa shape index (κ2) is 19.2. The molecular weight excluding hydrogens is 1120 g/mol. The first-order valence-electron chi connectivity index (χ1n) is 31.2. The third-order valence-corrected chi connectivity index (χ3v) is 19.5. The van der Waals surface area contributed by atoms with E-state index in [1.165, 1.54) is 43.1 Å². The number of para-hydroxylation sites is 8. The molecule has 7 aromatic heterocycles. The Morgan fingerprint density at radius 1 is 0.228 bits per heavy atom. The summed E-state index contributed by atoms with van der Waals surface area (Å²) in [6, 6.07) is 110. The molecule has 8 heteroatoms. The van der Waals surface area contributed by atoms with Crippen molar-refractivity contribution in [1.29, 1.82) is 5.26 Å². The molecule has 426 valence electrons. The van der Waals surface area contributed by atoms with Crippen LogP contribution in [0.4, 0.5) is 0 Å². The van der Waals surface area contributed by atoms with E-state index < -0.39 is 0 Å². The van der Waals surface area contributed by atoms with Crippen molar-refractivity contribution in [3.05, 3.63) is 309 Å². The van der Waals surface area contributed by atoms with E-state index in [4.69, 9.17) is 4.98 Å². The molecule has 0 aliphatic carbocycles. The average molecular weight is 1170 g/mol.